The van der Waals surface area contributed by atoms with Crippen molar-refractivity contribution in [3.8, 4) is 0 Å². The molecule has 0 aromatic heterocycles. The lowest BCUT2D eigenvalue weighted by Crippen LogP contribution is -2.19. The summed E-state index contributed by atoms with van der Waals surface area (Å²) >= 11 is 1.11. The number of alkyl halides is 2. The largest absolute Gasteiger partial charge is 0.480 e. The molecule has 0 heterocycles. The summed E-state index contributed by atoms with van der Waals surface area (Å²) in [6.07, 6.45) is -2.04. The van der Waals surface area contributed by atoms with E-state index in [2.05, 4.69) is 0 Å². The predicted octanol–water partition coefficient (Wildman–Crippen LogP) is 2.87. The fourth-order valence-corrected chi connectivity index (χ4v) is 2.23. The van der Waals surface area contributed by atoms with Gasteiger partial charge in [-0.1, -0.05) is 13.8 Å². The summed E-state index contributed by atoms with van der Waals surface area (Å²) < 4.78 is 23.6. The molecule has 0 saturated carbocycles. The van der Waals surface area contributed by atoms with Crippen LogP contribution in [0.2, 0.25) is 0 Å². The fourth-order valence-electron chi connectivity index (χ4n) is 0.968. The third-order valence-electron chi connectivity index (χ3n) is 1.62. The molecule has 0 aromatic rings. The lowest BCUT2D eigenvalue weighted by molar-refractivity contribution is -0.136. The number of thioether (sulfide) groups is 1. The van der Waals surface area contributed by atoms with Crippen LogP contribution in [0.25, 0.3) is 0 Å². The molecule has 2 nitrogen and oxygen atoms in total. The van der Waals surface area contributed by atoms with Gasteiger partial charge in [0.05, 0.1) is 0 Å². The van der Waals surface area contributed by atoms with Gasteiger partial charge in [0.15, 0.2) is 0 Å². The van der Waals surface area contributed by atoms with Crippen LogP contribution in [-0.4, -0.2) is 28.5 Å². The average molecular weight is 226 g/mol. The van der Waals surface area contributed by atoms with E-state index in [1.165, 1.54) is 0 Å². The van der Waals surface area contributed by atoms with E-state index in [1.807, 2.05) is 13.8 Å². The Morgan fingerprint density at radius 1 is 1.43 bits per heavy atom. The van der Waals surface area contributed by atoms with E-state index in [1.54, 1.807) is 0 Å². The van der Waals surface area contributed by atoms with Gasteiger partial charge >= 0.3 is 5.97 Å². The fraction of sp³-hybridized carbons (Fsp3) is 0.889. The Morgan fingerprint density at radius 2 is 2.00 bits per heavy atom. The molecule has 0 rings (SSSR count). The highest BCUT2D eigenvalue weighted by Crippen LogP contribution is 2.21. The van der Waals surface area contributed by atoms with Gasteiger partial charge in [0.25, 0.3) is 0 Å². The Labute approximate surface area is 87.1 Å². The van der Waals surface area contributed by atoms with Gasteiger partial charge in [-0.2, -0.15) is 0 Å². The Morgan fingerprint density at radius 3 is 2.36 bits per heavy atom. The lowest BCUT2D eigenvalue weighted by Gasteiger charge is -2.13. The summed E-state index contributed by atoms with van der Waals surface area (Å²) in [4.78, 5) is 10.7. The minimum atomic E-state index is -2.34. The summed E-state index contributed by atoms with van der Waals surface area (Å²) in [5.74, 6) is -0.422. The third kappa shape index (κ3) is 7.12. The number of hydrogen-bond donors (Lipinski definition) is 1. The van der Waals surface area contributed by atoms with E-state index in [0.717, 1.165) is 11.8 Å². The number of aliphatic carboxylic acids is 1. The maximum Gasteiger partial charge on any atom is 0.316 e. The summed E-state index contributed by atoms with van der Waals surface area (Å²) in [6, 6.07) is 0. The topological polar surface area (TPSA) is 37.3 Å². The number of carboxylic acids is 1. The second-order valence-corrected chi connectivity index (χ2v) is 4.82. The van der Waals surface area contributed by atoms with E-state index in [-0.39, 0.29) is 18.1 Å². The first-order chi connectivity index (χ1) is 6.43. The van der Waals surface area contributed by atoms with Crippen LogP contribution in [0, 0.1) is 5.92 Å². The SMILES string of the molecule is CC(C)CC(SCCC(F)F)C(=O)O. The molecule has 84 valence electrons. The molecule has 0 aliphatic heterocycles. The van der Waals surface area contributed by atoms with Crippen LogP contribution in [0.1, 0.15) is 26.7 Å². The van der Waals surface area contributed by atoms with Gasteiger partial charge in [-0.25, -0.2) is 8.78 Å². The number of rotatable bonds is 7. The monoisotopic (exact) mass is 226 g/mol. The number of halogens is 2. The van der Waals surface area contributed by atoms with Crippen molar-refractivity contribution in [1.82, 2.24) is 0 Å². The second kappa shape index (κ2) is 7.04. The molecule has 0 bridgehead atoms. The molecule has 0 fully saturated rings. The predicted molar refractivity (Wildman–Crippen MR) is 54.0 cm³/mol. The molecule has 14 heavy (non-hydrogen) atoms. The van der Waals surface area contributed by atoms with Crippen molar-refractivity contribution < 1.29 is 18.7 Å². The second-order valence-electron chi connectivity index (χ2n) is 3.51. The van der Waals surface area contributed by atoms with Crippen molar-refractivity contribution in [2.45, 2.75) is 38.4 Å². The van der Waals surface area contributed by atoms with Crippen molar-refractivity contribution in [3.05, 3.63) is 0 Å². The molecule has 1 unspecified atom stereocenters. The molecule has 0 aromatic carbocycles. The highest BCUT2D eigenvalue weighted by Gasteiger charge is 2.19. The molecule has 0 radical (unpaired) electrons. The normalized spacial score (nSPS) is 13.6. The molecular weight excluding hydrogens is 210 g/mol. The summed E-state index contributed by atoms with van der Waals surface area (Å²) in [7, 11) is 0. The molecular formula is C9H16F2O2S. The first kappa shape index (κ1) is 13.7. The van der Waals surface area contributed by atoms with Crippen LogP contribution >= 0.6 is 11.8 Å². The Hall–Kier alpha value is -0.320. The van der Waals surface area contributed by atoms with Crippen LogP contribution in [0.3, 0.4) is 0 Å². The summed E-state index contributed by atoms with van der Waals surface area (Å²) in [5, 5.41) is 8.23. The van der Waals surface area contributed by atoms with E-state index in [0.29, 0.717) is 6.42 Å². The smallest absolute Gasteiger partial charge is 0.316 e. The van der Waals surface area contributed by atoms with E-state index < -0.39 is 17.6 Å². The molecule has 0 amide bonds. The highest BCUT2D eigenvalue weighted by molar-refractivity contribution is 8.00. The van der Waals surface area contributed by atoms with Crippen molar-refractivity contribution in [2.24, 2.45) is 5.92 Å². The standard InChI is InChI=1S/C9H16F2O2S/c1-6(2)5-7(9(12)13)14-4-3-8(10)11/h6-8H,3-5H2,1-2H3,(H,12,13). The van der Waals surface area contributed by atoms with Gasteiger partial charge in [0.1, 0.15) is 5.25 Å². The molecule has 5 heteroatoms. The van der Waals surface area contributed by atoms with Crippen LogP contribution in [0.5, 0.6) is 0 Å². The van der Waals surface area contributed by atoms with E-state index in [4.69, 9.17) is 5.11 Å². The Balaban J connectivity index is 3.80. The first-order valence-electron chi connectivity index (χ1n) is 4.56. The van der Waals surface area contributed by atoms with Gasteiger partial charge in [-0.15, -0.1) is 11.8 Å². The quantitative estimate of drug-likeness (QED) is 0.725. The van der Waals surface area contributed by atoms with Crippen LogP contribution in [0.4, 0.5) is 8.78 Å². The van der Waals surface area contributed by atoms with E-state index >= 15 is 0 Å². The molecule has 0 aliphatic carbocycles. The van der Waals surface area contributed by atoms with Crippen LogP contribution in [0.15, 0.2) is 0 Å². The molecule has 1 atom stereocenters. The highest BCUT2D eigenvalue weighted by atomic mass is 32.2. The van der Waals surface area contributed by atoms with Crippen molar-refractivity contribution in [2.75, 3.05) is 5.75 Å². The number of carboxylic acid groups (broad SMARTS) is 1. The van der Waals surface area contributed by atoms with Crippen LogP contribution < -0.4 is 0 Å². The maximum absolute atomic E-state index is 11.8. The minimum Gasteiger partial charge on any atom is -0.480 e. The summed E-state index contributed by atoms with van der Waals surface area (Å²) in [5.41, 5.74) is 0. The Bertz CT molecular complexity index is 174. The lowest BCUT2D eigenvalue weighted by atomic mass is 10.1. The van der Waals surface area contributed by atoms with Gasteiger partial charge in [-0.3, -0.25) is 4.79 Å². The van der Waals surface area contributed by atoms with Gasteiger partial charge in [0, 0.05) is 6.42 Å². The zero-order valence-corrected chi connectivity index (χ0v) is 9.19. The van der Waals surface area contributed by atoms with Crippen molar-refractivity contribution >= 4 is 17.7 Å². The Kier molecular flexibility index (Phi) is 6.87. The van der Waals surface area contributed by atoms with Crippen LogP contribution in [-0.2, 0) is 4.79 Å². The van der Waals surface area contributed by atoms with Gasteiger partial charge in [0.2, 0.25) is 6.43 Å². The average Bonchev–Trinajstić information content (AvgIpc) is 2.00. The maximum atomic E-state index is 11.8. The number of carbonyl (C=O) groups is 1. The molecule has 1 N–H and O–H groups in total. The van der Waals surface area contributed by atoms with Gasteiger partial charge in [-0.05, 0) is 18.1 Å². The zero-order chi connectivity index (χ0) is 11.1. The van der Waals surface area contributed by atoms with E-state index in [9.17, 15) is 13.6 Å². The summed E-state index contributed by atoms with van der Waals surface area (Å²) in [6.45, 7) is 3.84. The molecule has 0 aliphatic rings. The van der Waals surface area contributed by atoms with Gasteiger partial charge < -0.3 is 5.11 Å². The van der Waals surface area contributed by atoms with Crippen molar-refractivity contribution in [3.63, 3.8) is 0 Å². The molecule has 0 saturated heterocycles. The zero-order valence-electron chi connectivity index (χ0n) is 8.37. The number of hydrogen-bond acceptors (Lipinski definition) is 2. The molecule has 0 spiro atoms. The van der Waals surface area contributed by atoms with Crippen molar-refractivity contribution in [1.29, 1.82) is 0 Å². The minimum absolute atomic E-state index is 0.210. The third-order valence-corrected chi connectivity index (χ3v) is 2.88. The first-order valence-corrected chi connectivity index (χ1v) is 5.61.